The summed E-state index contributed by atoms with van der Waals surface area (Å²) in [6, 6.07) is 17.9. The number of ether oxygens (including phenoxy) is 1. The maximum absolute atomic E-state index is 15.1. The molecule has 32 heavy (non-hydrogen) atoms. The smallest absolute Gasteiger partial charge is 0.380 e. The molecule has 0 bridgehead atoms. The highest BCUT2D eigenvalue weighted by atomic mass is 19.4. The van der Waals surface area contributed by atoms with Gasteiger partial charge in [-0.05, 0) is 59.2 Å². The molecule has 2 nitrogen and oxygen atoms in total. The Morgan fingerprint density at radius 1 is 0.844 bits per heavy atom. The Morgan fingerprint density at radius 2 is 1.59 bits per heavy atom. The van der Waals surface area contributed by atoms with Crippen LogP contribution in [0, 0.1) is 5.82 Å². The number of alkyl halides is 3. The van der Waals surface area contributed by atoms with Gasteiger partial charge in [0.05, 0.1) is 17.9 Å². The van der Waals surface area contributed by atoms with Crippen LogP contribution in [0.4, 0.5) is 17.6 Å². The minimum absolute atomic E-state index is 0.302. The van der Waals surface area contributed by atoms with Crippen molar-refractivity contribution in [3.05, 3.63) is 101 Å². The molecular formula is C26H21F4NO. The zero-order valence-corrected chi connectivity index (χ0v) is 17.4. The van der Waals surface area contributed by atoms with E-state index in [2.05, 4.69) is 4.98 Å². The first kappa shape index (κ1) is 22.0. The van der Waals surface area contributed by atoms with Crippen molar-refractivity contribution in [1.82, 2.24) is 4.98 Å². The second-order valence-electron chi connectivity index (χ2n) is 7.65. The van der Waals surface area contributed by atoms with Crippen molar-refractivity contribution >= 4 is 10.8 Å². The molecule has 0 saturated carbocycles. The first-order valence-electron chi connectivity index (χ1n) is 10.2. The van der Waals surface area contributed by atoms with E-state index in [4.69, 9.17) is 4.74 Å². The number of methoxy groups -OCH3 is 1. The maximum Gasteiger partial charge on any atom is 0.416 e. The predicted octanol–water partition coefficient (Wildman–Crippen LogP) is 6.99. The van der Waals surface area contributed by atoms with E-state index in [0.717, 1.165) is 39.9 Å². The van der Waals surface area contributed by atoms with Crippen molar-refractivity contribution in [2.45, 2.75) is 25.6 Å². The molecule has 0 aliphatic carbocycles. The molecule has 0 spiro atoms. The molecule has 1 aromatic heterocycles. The highest BCUT2D eigenvalue weighted by molar-refractivity contribution is 5.88. The number of hydrogen-bond donors (Lipinski definition) is 0. The number of benzene rings is 3. The van der Waals surface area contributed by atoms with E-state index in [-0.39, 0.29) is 5.82 Å². The molecule has 164 valence electrons. The minimum atomic E-state index is -4.36. The van der Waals surface area contributed by atoms with Gasteiger partial charge >= 0.3 is 6.18 Å². The number of rotatable bonds is 6. The zero-order chi connectivity index (χ0) is 22.7. The SMILES string of the molecule is COCc1ccc(-c2ccc3c(F)c(CCc4ccc(C(F)(F)F)cc4)ccc3c2)nc1. The predicted molar refractivity (Wildman–Crippen MR) is 117 cm³/mol. The van der Waals surface area contributed by atoms with Crippen molar-refractivity contribution < 1.29 is 22.3 Å². The molecule has 3 aromatic carbocycles. The van der Waals surface area contributed by atoms with Gasteiger partial charge < -0.3 is 4.74 Å². The topological polar surface area (TPSA) is 22.1 Å². The molecule has 0 radical (unpaired) electrons. The molecule has 0 aliphatic rings. The van der Waals surface area contributed by atoms with Crippen LogP contribution >= 0.6 is 0 Å². The fourth-order valence-electron chi connectivity index (χ4n) is 3.68. The van der Waals surface area contributed by atoms with Crippen LogP contribution in [0.2, 0.25) is 0 Å². The van der Waals surface area contributed by atoms with Crippen molar-refractivity contribution in [2.75, 3.05) is 7.11 Å². The van der Waals surface area contributed by atoms with E-state index >= 15 is 4.39 Å². The molecule has 0 fully saturated rings. The van der Waals surface area contributed by atoms with Gasteiger partial charge in [-0.2, -0.15) is 13.2 Å². The Labute approximate surface area is 183 Å². The average Bonchev–Trinajstić information content (AvgIpc) is 2.79. The molecule has 4 aromatic rings. The molecule has 4 rings (SSSR count). The Bertz CT molecular complexity index is 1220. The number of aryl methyl sites for hydroxylation is 2. The molecule has 0 atom stereocenters. The first-order chi connectivity index (χ1) is 15.3. The summed E-state index contributed by atoms with van der Waals surface area (Å²) in [4.78, 5) is 4.45. The van der Waals surface area contributed by atoms with Crippen LogP contribution in [0.1, 0.15) is 22.3 Å². The molecule has 1 heterocycles. The Balaban J connectivity index is 1.52. The lowest BCUT2D eigenvalue weighted by Gasteiger charge is -2.10. The van der Waals surface area contributed by atoms with E-state index in [9.17, 15) is 13.2 Å². The summed E-state index contributed by atoms with van der Waals surface area (Å²) in [6.07, 6.45) is -1.74. The van der Waals surface area contributed by atoms with Gasteiger partial charge in [0.1, 0.15) is 5.82 Å². The summed E-state index contributed by atoms with van der Waals surface area (Å²) in [5.74, 6) is -0.302. The summed E-state index contributed by atoms with van der Waals surface area (Å²) < 4.78 is 58.3. The third-order valence-electron chi connectivity index (χ3n) is 5.43. The van der Waals surface area contributed by atoms with Gasteiger partial charge in [0.2, 0.25) is 0 Å². The summed E-state index contributed by atoms with van der Waals surface area (Å²) in [6.45, 7) is 0.492. The Kier molecular flexibility index (Phi) is 6.24. The van der Waals surface area contributed by atoms with Crippen molar-refractivity contribution in [2.24, 2.45) is 0 Å². The standard InChI is InChI=1S/C26H21F4NO/c1-32-16-18-5-13-24(31-15-18)21-9-12-23-20(14-21)8-7-19(25(23)27)6-2-17-3-10-22(11-4-17)26(28,29)30/h3-5,7-15H,2,6,16H2,1H3. The van der Waals surface area contributed by atoms with Crippen molar-refractivity contribution in [3.63, 3.8) is 0 Å². The lowest BCUT2D eigenvalue weighted by atomic mass is 9.98. The van der Waals surface area contributed by atoms with Crippen LogP contribution in [0.25, 0.3) is 22.0 Å². The number of halogens is 4. The van der Waals surface area contributed by atoms with Gasteiger partial charge in [-0.25, -0.2) is 4.39 Å². The molecule has 0 aliphatic heterocycles. The second kappa shape index (κ2) is 9.09. The van der Waals surface area contributed by atoms with Crippen LogP contribution < -0.4 is 0 Å². The van der Waals surface area contributed by atoms with Gasteiger partial charge in [0, 0.05) is 24.3 Å². The number of nitrogens with zero attached hydrogens (tertiary/aromatic N) is 1. The molecule has 0 N–H and O–H groups in total. The quantitative estimate of drug-likeness (QED) is 0.302. The van der Waals surface area contributed by atoms with Gasteiger partial charge in [0.25, 0.3) is 0 Å². The molecule has 6 heteroatoms. The molecule has 0 saturated heterocycles. The third kappa shape index (κ3) is 4.81. The van der Waals surface area contributed by atoms with Crippen LogP contribution in [-0.2, 0) is 30.4 Å². The maximum atomic E-state index is 15.1. The number of pyridine rings is 1. The van der Waals surface area contributed by atoms with E-state index in [0.29, 0.717) is 30.4 Å². The second-order valence-corrected chi connectivity index (χ2v) is 7.65. The lowest BCUT2D eigenvalue weighted by Crippen LogP contribution is -2.04. The van der Waals surface area contributed by atoms with E-state index in [1.807, 2.05) is 30.3 Å². The summed E-state index contributed by atoms with van der Waals surface area (Å²) in [7, 11) is 1.63. The number of fused-ring (bicyclic) bond motifs is 1. The monoisotopic (exact) mass is 439 g/mol. The van der Waals surface area contributed by atoms with Crippen LogP contribution in [0.3, 0.4) is 0 Å². The number of aromatic nitrogens is 1. The van der Waals surface area contributed by atoms with Crippen molar-refractivity contribution in [1.29, 1.82) is 0 Å². The summed E-state index contributed by atoms with van der Waals surface area (Å²) in [5, 5.41) is 1.27. The summed E-state index contributed by atoms with van der Waals surface area (Å²) >= 11 is 0. The highest BCUT2D eigenvalue weighted by Gasteiger charge is 2.29. The molecule has 0 unspecified atom stereocenters. The Morgan fingerprint density at radius 3 is 2.25 bits per heavy atom. The van der Waals surface area contributed by atoms with Crippen LogP contribution in [-0.4, -0.2) is 12.1 Å². The van der Waals surface area contributed by atoms with Crippen LogP contribution in [0.5, 0.6) is 0 Å². The zero-order valence-electron chi connectivity index (χ0n) is 17.4. The van der Waals surface area contributed by atoms with E-state index in [1.165, 1.54) is 12.1 Å². The van der Waals surface area contributed by atoms with E-state index < -0.39 is 11.7 Å². The van der Waals surface area contributed by atoms with E-state index in [1.54, 1.807) is 25.4 Å². The average molecular weight is 439 g/mol. The molecular weight excluding hydrogens is 418 g/mol. The minimum Gasteiger partial charge on any atom is -0.380 e. The normalized spacial score (nSPS) is 11.8. The van der Waals surface area contributed by atoms with Gasteiger partial charge in [0.15, 0.2) is 0 Å². The summed E-state index contributed by atoms with van der Waals surface area (Å²) in [5.41, 5.74) is 3.23. The largest absolute Gasteiger partial charge is 0.416 e. The first-order valence-corrected chi connectivity index (χ1v) is 10.2. The van der Waals surface area contributed by atoms with Crippen molar-refractivity contribution in [3.8, 4) is 11.3 Å². The highest BCUT2D eigenvalue weighted by Crippen LogP contribution is 2.30. The third-order valence-corrected chi connectivity index (χ3v) is 5.43. The lowest BCUT2D eigenvalue weighted by molar-refractivity contribution is -0.137. The van der Waals surface area contributed by atoms with Gasteiger partial charge in [-0.1, -0.05) is 42.5 Å². The van der Waals surface area contributed by atoms with Gasteiger partial charge in [-0.15, -0.1) is 0 Å². The Hall–Kier alpha value is -3.25. The number of hydrogen-bond acceptors (Lipinski definition) is 2. The van der Waals surface area contributed by atoms with Crippen LogP contribution in [0.15, 0.2) is 72.9 Å². The fraction of sp³-hybridized carbons (Fsp3) is 0.192. The van der Waals surface area contributed by atoms with Gasteiger partial charge in [-0.3, -0.25) is 4.98 Å². The fourth-order valence-corrected chi connectivity index (χ4v) is 3.68. The molecule has 0 amide bonds.